The molecule has 0 radical (unpaired) electrons. The normalized spacial score (nSPS) is 23.4. The monoisotopic (exact) mass is 425 g/mol. The first kappa shape index (κ1) is 20.6. The summed E-state index contributed by atoms with van der Waals surface area (Å²) in [6, 6.07) is 11.8. The lowest BCUT2D eigenvalue weighted by atomic mass is 9.94. The van der Waals surface area contributed by atoms with Crippen molar-refractivity contribution in [3.05, 3.63) is 75.3 Å². The molecule has 2 aliphatic rings. The van der Waals surface area contributed by atoms with Gasteiger partial charge in [-0.15, -0.1) is 0 Å². The van der Waals surface area contributed by atoms with E-state index in [9.17, 15) is 14.7 Å². The molecule has 2 saturated heterocycles. The predicted octanol–water partition coefficient (Wildman–Crippen LogP) is 4.56. The van der Waals surface area contributed by atoms with Crippen LogP contribution < -0.4 is 0 Å². The van der Waals surface area contributed by atoms with Crippen LogP contribution >= 0.6 is 11.6 Å². The van der Waals surface area contributed by atoms with Crippen molar-refractivity contribution in [3.63, 3.8) is 0 Å². The van der Waals surface area contributed by atoms with Gasteiger partial charge < -0.3 is 14.7 Å². The average molecular weight is 426 g/mol. The molecule has 2 unspecified atom stereocenters. The number of ether oxygens (including phenoxy) is 1. The Morgan fingerprint density at radius 2 is 1.87 bits per heavy atom. The summed E-state index contributed by atoms with van der Waals surface area (Å²) in [4.78, 5) is 27.5. The van der Waals surface area contributed by atoms with E-state index in [4.69, 9.17) is 16.3 Å². The van der Waals surface area contributed by atoms with Crippen LogP contribution in [0.2, 0.25) is 5.02 Å². The number of hydrogen-bond donors (Lipinski definition) is 1. The molecule has 156 valence electrons. The van der Waals surface area contributed by atoms with Crippen LogP contribution in [0.15, 0.2) is 48.0 Å². The minimum Gasteiger partial charge on any atom is -0.507 e. The summed E-state index contributed by atoms with van der Waals surface area (Å²) < 4.78 is 5.71. The number of aliphatic hydroxyl groups is 1. The van der Waals surface area contributed by atoms with Crippen molar-refractivity contribution < 1.29 is 19.4 Å². The fourth-order valence-corrected chi connectivity index (χ4v) is 4.24. The Morgan fingerprint density at radius 1 is 1.13 bits per heavy atom. The van der Waals surface area contributed by atoms with Gasteiger partial charge in [0.25, 0.3) is 11.7 Å². The van der Waals surface area contributed by atoms with E-state index in [1.165, 1.54) is 4.90 Å². The van der Waals surface area contributed by atoms with Gasteiger partial charge in [0.2, 0.25) is 0 Å². The molecule has 0 aromatic heterocycles. The lowest BCUT2D eigenvalue weighted by Crippen LogP contribution is -2.36. The number of rotatable bonds is 4. The van der Waals surface area contributed by atoms with Gasteiger partial charge in [0.1, 0.15) is 5.76 Å². The Morgan fingerprint density at radius 3 is 2.50 bits per heavy atom. The summed E-state index contributed by atoms with van der Waals surface area (Å²) in [5.41, 5.74) is 3.42. The zero-order valence-corrected chi connectivity index (χ0v) is 17.8. The average Bonchev–Trinajstić information content (AvgIpc) is 3.33. The van der Waals surface area contributed by atoms with Gasteiger partial charge >= 0.3 is 0 Å². The summed E-state index contributed by atoms with van der Waals surface area (Å²) in [5.74, 6) is -1.45. The number of aliphatic hydroxyl groups excluding tert-OH is 1. The van der Waals surface area contributed by atoms with Crippen LogP contribution in [0.3, 0.4) is 0 Å². The van der Waals surface area contributed by atoms with E-state index >= 15 is 0 Å². The molecule has 6 heteroatoms. The first-order valence-electron chi connectivity index (χ1n) is 10.1. The molecule has 2 aliphatic heterocycles. The molecule has 4 rings (SSSR count). The summed E-state index contributed by atoms with van der Waals surface area (Å²) in [6.45, 7) is 4.89. The predicted molar refractivity (Wildman–Crippen MR) is 115 cm³/mol. The van der Waals surface area contributed by atoms with E-state index in [2.05, 4.69) is 0 Å². The standard InChI is InChI=1S/C24H24ClNO4/c1-14-5-6-17(12-15(14)2)22(27)20-21(16-7-9-18(25)10-8-16)26(24(29)23(20)28)13-19-4-3-11-30-19/h5-10,12,19,21,27H,3-4,11,13H2,1-2H3/b22-20-. The SMILES string of the molecule is Cc1ccc(/C(O)=C2/C(=O)C(=O)N(CC3CCCO3)C2c2ccc(Cl)cc2)cc1C. The molecular formula is C24H24ClNO4. The maximum absolute atomic E-state index is 13.0. The van der Waals surface area contributed by atoms with Crippen molar-refractivity contribution >= 4 is 29.1 Å². The Hall–Kier alpha value is -2.63. The molecule has 30 heavy (non-hydrogen) atoms. The molecule has 0 spiro atoms. The van der Waals surface area contributed by atoms with E-state index in [0.29, 0.717) is 23.7 Å². The van der Waals surface area contributed by atoms with Gasteiger partial charge in [0, 0.05) is 23.7 Å². The molecule has 5 nitrogen and oxygen atoms in total. The number of carbonyl (C=O) groups excluding carboxylic acids is 2. The van der Waals surface area contributed by atoms with E-state index < -0.39 is 17.7 Å². The van der Waals surface area contributed by atoms with Crippen molar-refractivity contribution in [2.24, 2.45) is 0 Å². The van der Waals surface area contributed by atoms with E-state index in [-0.39, 0.29) is 17.4 Å². The molecule has 1 N–H and O–H groups in total. The molecule has 0 bridgehead atoms. The molecule has 0 saturated carbocycles. The van der Waals surface area contributed by atoms with E-state index in [0.717, 1.165) is 29.5 Å². The molecule has 0 aliphatic carbocycles. The van der Waals surface area contributed by atoms with Crippen molar-refractivity contribution in [1.29, 1.82) is 0 Å². The van der Waals surface area contributed by atoms with Crippen molar-refractivity contribution in [3.8, 4) is 0 Å². The zero-order valence-electron chi connectivity index (χ0n) is 17.0. The van der Waals surface area contributed by atoms with Crippen molar-refractivity contribution in [1.82, 2.24) is 4.90 Å². The van der Waals surface area contributed by atoms with Crippen LogP contribution in [-0.4, -0.2) is 41.0 Å². The summed E-state index contributed by atoms with van der Waals surface area (Å²) in [7, 11) is 0. The van der Waals surface area contributed by atoms with Crippen LogP contribution in [0, 0.1) is 13.8 Å². The van der Waals surface area contributed by atoms with Crippen molar-refractivity contribution in [2.75, 3.05) is 13.2 Å². The highest BCUT2D eigenvalue weighted by molar-refractivity contribution is 6.46. The topological polar surface area (TPSA) is 66.8 Å². The van der Waals surface area contributed by atoms with E-state index in [1.807, 2.05) is 26.0 Å². The largest absolute Gasteiger partial charge is 0.507 e. The van der Waals surface area contributed by atoms with Gasteiger partial charge in [-0.1, -0.05) is 35.9 Å². The van der Waals surface area contributed by atoms with Crippen LogP contribution in [-0.2, 0) is 14.3 Å². The van der Waals surface area contributed by atoms with E-state index in [1.54, 1.807) is 30.3 Å². The minimum absolute atomic E-state index is 0.101. The number of Topliss-reactive ketones (excluding diaryl/α,β-unsaturated/α-hetero) is 1. The number of hydrogen-bond acceptors (Lipinski definition) is 4. The van der Waals surface area contributed by atoms with Gasteiger partial charge in [0.05, 0.1) is 17.7 Å². The summed E-state index contributed by atoms with van der Waals surface area (Å²) in [6.07, 6.45) is 1.66. The van der Waals surface area contributed by atoms with Crippen LogP contribution in [0.5, 0.6) is 0 Å². The quantitative estimate of drug-likeness (QED) is 0.443. The first-order chi connectivity index (χ1) is 14.4. The fourth-order valence-electron chi connectivity index (χ4n) is 4.11. The molecule has 2 heterocycles. The molecule has 2 atom stereocenters. The smallest absolute Gasteiger partial charge is 0.295 e. The lowest BCUT2D eigenvalue weighted by molar-refractivity contribution is -0.140. The number of halogens is 1. The number of benzene rings is 2. The van der Waals surface area contributed by atoms with Crippen LogP contribution in [0.25, 0.3) is 5.76 Å². The number of amides is 1. The number of carbonyl (C=O) groups is 2. The highest BCUT2D eigenvalue weighted by atomic mass is 35.5. The second-order valence-corrected chi connectivity index (χ2v) is 8.37. The van der Waals surface area contributed by atoms with Crippen LogP contribution in [0.4, 0.5) is 0 Å². The Balaban J connectivity index is 1.83. The lowest BCUT2D eigenvalue weighted by Gasteiger charge is -2.27. The highest BCUT2D eigenvalue weighted by Gasteiger charge is 2.47. The van der Waals surface area contributed by atoms with Gasteiger partial charge in [-0.2, -0.15) is 0 Å². The third-order valence-electron chi connectivity index (χ3n) is 5.93. The third kappa shape index (κ3) is 3.75. The maximum atomic E-state index is 13.0. The highest BCUT2D eigenvalue weighted by Crippen LogP contribution is 2.40. The molecule has 2 aromatic carbocycles. The second kappa shape index (κ2) is 8.25. The number of ketones is 1. The van der Waals surface area contributed by atoms with Gasteiger partial charge in [-0.05, 0) is 61.6 Å². The van der Waals surface area contributed by atoms with Gasteiger partial charge in [0.15, 0.2) is 0 Å². The maximum Gasteiger partial charge on any atom is 0.295 e. The summed E-state index contributed by atoms with van der Waals surface area (Å²) in [5, 5.41) is 11.7. The van der Waals surface area contributed by atoms with Gasteiger partial charge in [-0.3, -0.25) is 9.59 Å². The van der Waals surface area contributed by atoms with Gasteiger partial charge in [-0.25, -0.2) is 0 Å². The Kier molecular flexibility index (Phi) is 5.67. The Labute approximate surface area is 180 Å². The fraction of sp³-hybridized carbons (Fsp3) is 0.333. The zero-order chi connectivity index (χ0) is 21.4. The number of likely N-dealkylation sites (tertiary alicyclic amines) is 1. The molecule has 2 aromatic rings. The van der Waals surface area contributed by atoms with Crippen molar-refractivity contribution in [2.45, 2.75) is 38.8 Å². The first-order valence-corrected chi connectivity index (χ1v) is 10.5. The molecular weight excluding hydrogens is 402 g/mol. The second-order valence-electron chi connectivity index (χ2n) is 7.94. The minimum atomic E-state index is -0.687. The van der Waals surface area contributed by atoms with Crippen LogP contribution in [0.1, 0.15) is 41.1 Å². The molecule has 1 amide bonds. The summed E-state index contributed by atoms with van der Waals surface area (Å²) >= 11 is 6.05. The Bertz CT molecular complexity index is 1020. The third-order valence-corrected chi connectivity index (χ3v) is 6.18. The number of nitrogens with zero attached hydrogens (tertiary/aromatic N) is 1. The number of aryl methyl sites for hydroxylation is 2. The molecule has 2 fully saturated rings.